The Morgan fingerprint density at radius 2 is 1.93 bits per heavy atom. The Kier molecular flexibility index (Phi) is 8.11. The third kappa shape index (κ3) is 6.26. The van der Waals surface area contributed by atoms with Gasteiger partial charge in [-0.15, -0.1) is 0 Å². The third-order valence-corrected chi connectivity index (χ3v) is 8.52. The first kappa shape index (κ1) is 28.7. The lowest BCUT2D eigenvalue weighted by Crippen LogP contribution is -2.49. The van der Waals surface area contributed by atoms with E-state index in [1.165, 1.54) is 23.2 Å². The first-order valence-corrected chi connectivity index (χ1v) is 14.8. The number of imidazole rings is 1. The molecule has 12 nitrogen and oxygen atoms in total. The summed E-state index contributed by atoms with van der Waals surface area (Å²) in [6.45, 7) is 5.35. The van der Waals surface area contributed by atoms with E-state index in [1.54, 1.807) is 31.0 Å². The number of nitrogens with one attached hydrogen (secondary N) is 1. The van der Waals surface area contributed by atoms with Gasteiger partial charge in [0.05, 0.1) is 24.5 Å². The van der Waals surface area contributed by atoms with Crippen molar-refractivity contribution in [3.8, 4) is 17.2 Å². The number of anilines is 1. The molecule has 1 aromatic heterocycles. The second kappa shape index (κ2) is 11.6. The Bertz CT molecular complexity index is 1530. The van der Waals surface area contributed by atoms with E-state index in [0.29, 0.717) is 25.4 Å². The third-order valence-electron chi connectivity index (χ3n) is 7.25. The summed E-state index contributed by atoms with van der Waals surface area (Å²) in [6, 6.07) is 10.1. The van der Waals surface area contributed by atoms with E-state index in [2.05, 4.69) is 14.6 Å². The molecule has 13 heteroatoms. The van der Waals surface area contributed by atoms with Crippen LogP contribution in [0.4, 0.5) is 5.69 Å². The monoisotopic (exact) mass is 585 g/mol. The highest BCUT2D eigenvalue weighted by atomic mass is 32.2. The van der Waals surface area contributed by atoms with Crippen LogP contribution < -0.4 is 18.9 Å². The van der Waals surface area contributed by atoms with Crippen LogP contribution in [0.2, 0.25) is 0 Å². The van der Waals surface area contributed by atoms with E-state index in [9.17, 15) is 18.3 Å². The second-order valence-electron chi connectivity index (χ2n) is 10.7. The van der Waals surface area contributed by atoms with Gasteiger partial charge in [0.25, 0.3) is 15.9 Å². The number of ether oxygens (including phenoxy) is 3. The molecule has 2 aliphatic heterocycles. The van der Waals surface area contributed by atoms with Gasteiger partial charge in [0, 0.05) is 44.5 Å². The molecule has 0 saturated heterocycles. The van der Waals surface area contributed by atoms with Gasteiger partial charge in [-0.2, -0.15) is 8.42 Å². The molecule has 0 fully saturated rings. The molecule has 41 heavy (non-hydrogen) atoms. The first-order chi connectivity index (χ1) is 19.5. The minimum Gasteiger partial charge on any atom is -0.488 e. The van der Waals surface area contributed by atoms with E-state index in [0.717, 1.165) is 17.1 Å². The van der Waals surface area contributed by atoms with Gasteiger partial charge < -0.3 is 28.8 Å². The molecular weight excluding hydrogens is 550 g/mol. The molecule has 2 aromatic carbocycles. The van der Waals surface area contributed by atoms with Gasteiger partial charge in [-0.25, -0.2) is 4.98 Å². The summed E-state index contributed by atoms with van der Waals surface area (Å²) in [5, 5.41) is 9.79. The van der Waals surface area contributed by atoms with Gasteiger partial charge in [0.2, 0.25) is 6.79 Å². The number of aliphatic hydroxyl groups is 1. The number of carbonyl (C=O) groups excluding carboxylic acids is 1. The molecule has 0 aliphatic carbocycles. The Hall–Kier alpha value is -3.81. The van der Waals surface area contributed by atoms with Gasteiger partial charge in [0.1, 0.15) is 11.9 Å². The molecule has 0 unspecified atom stereocenters. The zero-order valence-electron chi connectivity index (χ0n) is 23.5. The largest absolute Gasteiger partial charge is 0.488 e. The molecule has 5 rings (SSSR count). The molecule has 3 heterocycles. The zero-order chi connectivity index (χ0) is 29.3. The number of hydrogen-bond acceptors (Lipinski definition) is 9. The van der Waals surface area contributed by atoms with E-state index < -0.39 is 16.1 Å². The summed E-state index contributed by atoms with van der Waals surface area (Å²) in [4.78, 5) is 21.4. The molecule has 0 saturated carbocycles. The molecule has 0 bridgehead atoms. The summed E-state index contributed by atoms with van der Waals surface area (Å²) in [6.07, 6.45) is 2.48. The van der Waals surface area contributed by atoms with Gasteiger partial charge in [-0.05, 0) is 49.9 Å². The van der Waals surface area contributed by atoms with Gasteiger partial charge in [0.15, 0.2) is 16.5 Å². The van der Waals surface area contributed by atoms with Crippen LogP contribution >= 0.6 is 0 Å². The maximum Gasteiger partial charge on any atom is 0.280 e. The highest BCUT2D eigenvalue weighted by Crippen LogP contribution is 2.34. The maximum absolute atomic E-state index is 13.7. The van der Waals surface area contributed by atoms with Crippen LogP contribution in [0.25, 0.3) is 0 Å². The Labute approximate surface area is 239 Å². The number of fused-ring (bicyclic) bond motifs is 2. The molecule has 1 amide bonds. The van der Waals surface area contributed by atoms with Crippen LogP contribution in [-0.4, -0.2) is 84.5 Å². The van der Waals surface area contributed by atoms with Crippen molar-refractivity contribution in [3.63, 3.8) is 0 Å². The van der Waals surface area contributed by atoms with Crippen molar-refractivity contribution in [2.24, 2.45) is 13.0 Å². The highest BCUT2D eigenvalue weighted by molar-refractivity contribution is 7.92. The predicted molar refractivity (Wildman–Crippen MR) is 151 cm³/mol. The van der Waals surface area contributed by atoms with Crippen molar-refractivity contribution >= 4 is 21.6 Å². The van der Waals surface area contributed by atoms with Crippen molar-refractivity contribution in [3.05, 3.63) is 60.0 Å². The molecular formula is C28H35N5O7S. The van der Waals surface area contributed by atoms with Crippen molar-refractivity contribution in [2.45, 2.75) is 37.6 Å². The quantitative estimate of drug-likeness (QED) is 0.388. The van der Waals surface area contributed by atoms with Crippen molar-refractivity contribution in [1.82, 2.24) is 19.4 Å². The van der Waals surface area contributed by atoms with Crippen molar-refractivity contribution in [2.75, 3.05) is 38.3 Å². The van der Waals surface area contributed by atoms with Crippen LogP contribution in [0.15, 0.2) is 53.9 Å². The topological polar surface area (TPSA) is 135 Å². The summed E-state index contributed by atoms with van der Waals surface area (Å²) in [7, 11) is -0.298. The van der Waals surface area contributed by atoms with Crippen LogP contribution in [0.1, 0.15) is 29.8 Å². The molecule has 220 valence electrons. The Balaban J connectivity index is 1.40. The average Bonchev–Trinajstić information content (AvgIpc) is 3.59. The Morgan fingerprint density at radius 3 is 2.66 bits per heavy atom. The van der Waals surface area contributed by atoms with Crippen LogP contribution in [0, 0.1) is 5.92 Å². The van der Waals surface area contributed by atoms with Crippen LogP contribution in [0.5, 0.6) is 17.2 Å². The van der Waals surface area contributed by atoms with Gasteiger partial charge in [-0.3, -0.25) is 14.4 Å². The standard InChI is InChI=1S/C28H35N5O7S/c1-18-11-33(19(2)15-34)28(35)22-10-21(30-41(36,37)27-14-32(4)16-29-27)6-8-23(22)40-26(18)13-31(3)12-20-5-7-24-25(9-20)39-17-38-24/h5-10,14,16,18-19,26,30,34H,11-13,15,17H2,1-4H3/t18-,19-,26-/m1/s1. The van der Waals surface area contributed by atoms with E-state index in [1.807, 2.05) is 32.2 Å². The number of benzene rings is 2. The number of carbonyl (C=O) groups is 1. The highest BCUT2D eigenvalue weighted by Gasteiger charge is 2.34. The fourth-order valence-corrected chi connectivity index (χ4v) is 5.99. The van der Waals surface area contributed by atoms with E-state index >= 15 is 0 Å². The molecule has 0 spiro atoms. The molecule has 2 aliphatic rings. The lowest BCUT2D eigenvalue weighted by atomic mass is 9.99. The normalized spacial score (nSPS) is 19.4. The van der Waals surface area contributed by atoms with E-state index in [4.69, 9.17) is 14.2 Å². The number of rotatable bonds is 9. The zero-order valence-corrected chi connectivity index (χ0v) is 24.3. The molecule has 2 N–H and O–H groups in total. The lowest BCUT2D eigenvalue weighted by Gasteiger charge is -2.38. The molecule has 3 atom stereocenters. The van der Waals surface area contributed by atoms with Crippen LogP contribution in [0.3, 0.4) is 0 Å². The number of likely N-dealkylation sites (N-methyl/N-ethyl adjacent to an activating group) is 1. The lowest BCUT2D eigenvalue weighted by molar-refractivity contribution is 0.0341. The number of aryl methyl sites for hydroxylation is 1. The maximum atomic E-state index is 13.7. The number of sulfonamides is 1. The molecule has 3 aromatic rings. The number of nitrogens with zero attached hydrogens (tertiary/aromatic N) is 4. The minimum absolute atomic E-state index is 0.0670. The minimum atomic E-state index is -3.97. The van der Waals surface area contributed by atoms with Crippen LogP contribution in [-0.2, 0) is 23.6 Å². The summed E-state index contributed by atoms with van der Waals surface area (Å²) >= 11 is 0. The van der Waals surface area contributed by atoms with Crippen molar-refractivity contribution in [1.29, 1.82) is 0 Å². The van der Waals surface area contributed by atoms with Gasteiger partial charge in [-0.1, -0.05) is 13.0 Å². The molecule has 0 radical (unpaired) electrons. The number of hydrogen-bond donors (Lipinski definition) is 2. The summed E-state index contributed by atoms with van der Waals surface area (Å²) in [5.74, 6) is 1.39. The SMILES string of the molecule is C[C@@H]1CN([C@H](C)CO)C(=O)c2cc(NS(=O)(=O)c3cn(C)cn3)ccc2O[C@@H]1CN(C)Cc1ccc2c(c1)OCO2. The summed E-state index contributed by atoms with van der Waals surface area (Å²) in [5.41, 5.74) is 1.47. The number of aliphatic hydroxyl groups excluding tert-OH is 1. The second-order valence-corrected chi connectivity index (χ2v) is 12.3. The predicted octanol–water partition coefficient (Wildman–Crippen LogP) is 2.30. The Morgan fingerprint density at radius 1 is 1.17 bits per heavy atom. The van der Waals surface area contributed by atoms with Gasteiger partial charge >= 0.3 is 0 Å². The fraction of sp³-hybridized carbons (Fsp3) is 0.429. The summed E-state index contributed by atoms with van der Waals surface area (Å²) < 4.78 is 47.1. The first-order valence-electron chi connectivity index (χ1n) is 13.3. The smallest absolute Gasteiger partial charge is 0.280 e. The average molecular weight is 586 g/mol. The van der Waals surface area contributed by atoms with E-state index in [-0.39, 0.29) is 47.6 Å². The number of amides is 1. The number of aromatic nitrogens is 2. The fourth-order valence-electron chi connectivity index (χ4n) is 4.96. The van der Waals surface area contributed by atoms with Crippen molar-refractivity contribution < 1.29 is 32.5 Å².